The maximum atomic E-state index is 14.5. The molecular formula is C39H48N6O5. The highest BCUT2D eigenvalue weighted by Gasteiger charge is 2.32. The number of rotatable bonds is 6. The molecule has 11 heteroatoms. The Bertz CT molecular complexity index is 1690. The Morgan fingerprint density at radius 3 is 1.98 bits per heavy atom. The van der Waals surface area contributed by atoms with E-state index in [2.05, 4.69) is 15.6 Å². The van der Waals surface area contributed by atoms with Gasteiger partial charge < -0.3 is 9.47 Å². The molecule has 1 aliphatic carbocycles. The minimum atomic E-state index is -0.793. The van der Waals surface area contributed by atoms with E-state index in [1.165, 1.54) is 19.3 Å². The van der Waals surface area contributed by atoms with E-state index in [-0.39, 0.29) is 12.0 Å². The van der Waals surface area contributed by atoms with Gasteiger partial charge in [0.05, 0.1) is 29.3 Å². The summed E-state index contributed by atoms with van der Waals surface area (Å²) in [6.07, 6.45) is 5.23. The molecule has 3 aromatic rings. The van der Waals surface area contributed by atoms with Gasteiger partial charge in [-0.25, -0.2) is 24.4 Å². The lowest BCUT2D eigenvalue weighted by atomic mass is 9.84. The number of fused-ring (bicyclic) bond motifs is 1. The van der Waals surface area contributed by atoms with Crippen LogP contribution < -0.4 is 15.5 Å². The van der Waals surface area contributed by atoms with Gasteiger partial charge in [-0.05, 0) is 89.8 Å². The van der Waals surface area contributed by atoms with E-state index in [0.29, 0.717) is 23.8 Å². The van der Waals surface area contributed by atoms with Gasteiger partial charge in [-0.1, -0.05) is 80.6 Å². The van der Waals surface area contributed by atoms with Gasteiger partial charge in [-0.2, -0.15) is 5.10 Å². The maximum Gasteiger partial charge on any atom is 0.414 e. The average Bonchev–Trinajstić information content (AvgIpc) is 3.14. The van der Waals surface area contributed by atoms with Crippen LogP contribution in [-0.4, -0.2) is 46.1 Å². The molecule has 3 aromatic carbocycles. The zero-order valence-corrected chi connectivity index (χ0v) is 29.9. The lowest BCUT2D eigenvalue weighted by molar-refractivity contribution is 0.0545. The average molecular weight is 681 g/mol. The Kier molecular flexibility index (Phi) is 11.2. The van der Waals surface area contributed by atoms with Crippen LogP contribution in [0.5, 0.6) is 0 Å². The van der Waals surface area contributed by atoms with Gasteiger partial charge in [0, 0.05) is 5.56 Å². The number of carbonyl (C=O) groups excluding carboxylic acids is 3. The Hall–Kier alpha value is -5.19. The summed E-state index contributed by atoms with van der Waals surface area (Å²) in [6, 6.07) is 24.4. The molecule has 0 aromatic heterocycles. The molecule has 4 amide bonds. The number of hydrazone groups is 1. The van der Waals surface area contributed by atoms with Crippen molar-refractivity contribution in [1.29, 1.82) is 0 Å². The molecule has 0 spiro atoms. The third kappa shape index (κ3) is 10.2. The van der Waals surface area contributed by atoms with Crippen molar-refractivity contribution in [2.75, 3.05) is 4.90 Å². The number of para-hydroxylation sites is 1. The van der Waals surface area contributed by atoms with Gasteiger partial charge in [0.15, 0.2) is 0 Å². The Labute approximate surface area is 294 Å². The first-order valence-electron chi connectivity index (χ1n) is 17.3. The lowest BCUT2D eigenvalue weighted by Gasteiger charge is -2.27. The van der Waals surface area contributed by atoms with Crippen molar-refractivity contribution in [1.82, 2.24) is 15.6 Å². The fraction of sp³-hybridized carbons (Fsp3) is 0.410. The molecule has 0 saturated heterocycles. The number of anilines is 2. The SMILES string of the molecule is CC(C)(C)OC(=O)NC(=Nc1ccc(N2C(=O)N(Cc3ccccc3)N=C(CC3CCCCC3)c3ccccc32)cc1)NC(=O)OC(C)(C)C. The molecular weight excluding hydrogens is 632 g/mol. The number of ether oxygens (including phenoxy) is 2. The summed E-state index contributed by atoms with van der Waals surface area (Å²) in [5, 5.41) is 11.6. The number of guanidine groups is 1. The maximum absolute atomic E-state index is 14.5. The van der Waals surface area contributed by atoms with Crippen LogP contribution in [0.15, 0.2) is 89.0 Å². The molecule has 0 radical (unpaired) electrons. The molecule has 5 rings (SSSR count). The Morgan fingerprint density at radius 1 is 0.800 bits per heavy atom. The van der Waals surface area contributed by atoms with Crippen molar-refractivity contribution in [2.45, 2.75) is 97.8 Å². The van der Waals surface area contributed by atoms with Gasteiger partial charge in [0.2, 0.25) is 5.96 Å². The van der Waals surface area contributed by atoms with Crippen LogP contribution in [0.1, 0.15) is 91.2 Å². The number of hydrogen-bond acceptors (Lipinski definition) is 7. The van der Waals surface area contributed by atoms with E-state index in [1.54, 1.807) is 75.7 Å². The predicted octanol–water partition coefficient (Wildman–Crippen LogP) is 9.17. The van der Waals surface area contributed by atoms with Gasteiger partial charge in [-0.15, -0.1) is 0 Å². The Balaban J connectivity index is 1.48. The molecule has 11 nitrogen and oxygen atoms in total. The van der Waals surface area contributed by atoms with E-state index < -0.39 is 23.4 Å². The smallest absolute Gasteiger partial charge is 0.414 e. The number of aliphatic imine (C=N–C) groups is 1. The molecule has 2 aliphatic rings. The Morgan fingerprint density at radius 2 is 1.38 bits per heavy atom. The van der Waals surface area contributed by atoms with Crippen molar-refractivity contribution in [3.63, 3.8) is 0 Å². The summed E-state index contributed by atoms with van der Waals surface area (Å²) in [5.41, 5.74) is 3.02. The van der Waals surface area contributed by atoms with E-state index in [0.717, 1.165) is 41.8 Å². The van der Waals surface area contributed by atoms with Crippen LogP contribution in [0.3, 0.4) is 0 Å². The van der Waals surface area contributed by atoms with Gasteiger partial charge >= 0.3 is 18.2 Å². The standard InChI is InChI=1S/C39H48N6O5/c1-38(2,3)49-35(46)41-34(42-36(47)50-39(4,5)6)40-29-21-23-30(24-22-29)45-33-20-14-13-19-31(33)32(25-27-15-9-7-10-16-27)43-44(37(45)48)26-28-17-11-8-12-18-28/h8,11-14,17-24,27H,7,9-10,15-16,25-26H2,1-6H3,(H2,40,41,42,46,47). The first-order valence-corrected chi connectivity index (χ1v) is 17.3. The van der Waals surface area contributed by atoms with Crippen LogP contribution in [0.25, 0.3) is 0 Å². The summed E-state index contributed by atoms with van der Waals surface area (Å²) >= 11 is 0. The third-order valence-electron chi connectivity index (χ3n) is 8.08. The first-order chi connectivity index (χ1) is 23.7. The molecule has 0 unspecified atom stereocenters. The van der Waals surface area contributed by atoms with Crippen molar-refractivity contribution >= 4 is 47.0 Å². The largest absolute Gasteiger partial charge is 0.444 e. The van der Waals surface area contributed by atoms with Gasteiger partial charge in [0.1, 0.15) is 11.2 Å². The quantitative estimate of drug-likeness (QED) is 0.198. The molecule has 0 atom stereocenters. The number of alkyl carbamates (subject to hydrolysis) is 2. The van der Waals surface area contributed by atoms with Crippen molar-refractivity contribution < 1.29 is 23.9 Å². The first kappa shape index (κ1) is 36.1. The third-order valence-corrected chi connectivity index (χ3v) is 8.08. The number of nitrogens with one attached hydrogen (secondary N) is 2. The molecule has 1 fully saturated rings. The monoisotopic (exact) mass is 680 g/mol. The molecule has 1 heterocycles. The molecule has 2 N–H and O–H groups in total. The molecule has 0 bridgehead atoms. The molecule has 50 heavy (non-hydrogen) atoms. The topological polar surface area (TPSA) is 125 Å². The fourth-order valence-corrected chi connectivity index (χ4v) is 5.99. The van der Waals surface area contributed by atoms with Crippen LogP contribution in [0, 0.1) is 5.92 Å². The molecule has 264 valence electrons. The van der Waals surface area contributed by atoms with E-state index in [4.69, 9.17) is 14.6 Å². The number of amides is 4. The van der Waals surface area contributed by atoms with E-state index >= 15 is 0 Å². The summed E-state index contributed by atoms with van der Waals surface area (Å²) in [5.74, 6) is 0.345. The van der Waals surface area contributed by atoms with Gasteiger partial charge in [-0.3, -0.25) is 15.5 Å². The highest BCUT2D eigenvalue weighted by atomic mass is 16.6. The van der Waals surface area contributed by atoms with E-state index in [1.807, 2.05) is 54.6 Å². The minimum Gasteiger partial charge on any atom is -0.444 e. The molecule has 1 saturated carbocycles. The summed E-state index contributed by atoms with van der Waals surface area (Å²) < 4.78 is 10.7. The predicted molar refractivity (Wildman–Crippen MR) is 196 cm³/mol. The highest BCUT2D eigenvalue weighted by Crippen LogP contribution is 2.37. The fourth-order valence-electron chi connectivity index (χ4n) is 5.99. The van der Waals surface area contributed by atoms with Crippen molar-refractivity contribution in [2.24, 2.45) is 16.0 Å². The van der Waals surface area contributed by atoms with Crippen LogP contribution >= 0.6 is 0 Å². The van der Waals surface area contributed by atoms with E-state index in [9.17, 15) is 14.4 Å². The normalized spacial score (nSPS) is 15.3. The summed E-state index contributed by atoms with van der Waals surface area (Å²) in [7, 11) is 0. The van der Waals surface area contributed by atoms with Crippen molar-refractivity contribution in [3.8, 4) is 0 Å². The van der Waals surface area contributed by atoms with Crippen LogP contribution in [-0.2, 0) is 16.0 Å². The van der Waals surface area contributed by atoms with Crippen LogP contribution in [0.2, 0.25) is 0 Å². The highest BCUT2D eigenvalue weighted by molar-refractivity contribution is 6.13. The summed E-state index contributed by atoms with van der Waals surface area (Å²) in [4.78, 5) is 45.9. The number of urea groups is 1. The second-order valence-corrected chi connectivity index (χ2v) is 14.7. The number of benzene rings is 3. The number of carbonyl (C=O) groups is 3. The number of nitrogens with zero attached hydrogens (tertiary/aromatic N) is 4. The number of hydrogen-bond donors (Lipinski definition) is 2. The summed E-state index contributed by atoms with van der Waals surface area (Å²) in [6.45, 7) is 10.7. The second kappa shape index (κ2) is 15.6. The van der Waals surface area contributed by atoms with Gasteiger partial charge in [0.25, 0.3) is 0 Å². The lowest BCUT2D eigenvalue weighted by Crippen LogP contribution is -2.47. The zero-order valence-electron chi connectivity index (χ0n) is 29.9. The molecule has 1 aliphatic heterocycles. The minimum absolute atomic E-state index is 0.174. The van der Waals surface area contributed by atoms with Crippen LogP contribution in [0.4, 0.5) is 31.4 Å². The second-order valence-electron chi connectivity index (χ2n) is 14.7. The zero-order chi connectivity index (χ0) is 35.9. The van der Waals surface area contributed by atoms with Crippen molar-refractivity contribution in [3.05, 3.63) is 90.0 Å².